The summed E-state index contributed by atoms with van der Waals surface area (Å²) in [5, 5.41) is 0. The number of hydrogen-bond acceptors (Lipinski definition) is 4. The smallest absolute Gasteiger partial charge is 0.296 e. The minimum atomic E-state index is -4.09. The fraction of sp³-hybridized carbons (Fsp3) is 0.360. The largest absolute Gasteiger partial charge is 0.336 e. The molecule has 9 heteroatoms. The topological polar surface area (TPSA) is 84.6 Å². The zero-order valence-electron chi connectivity index (χ0n) is 19.9. The second-order valence-corrected chi connectivity index (χ2v) is 10.7. The fourth-order valence-electron chi connectivity index (χ4n) is 4.55. The number of aromatic nitrogens is 2. The number of likely N-dealkylation sites (tertiary alicyclic amines) is 1. The Bertz CT molecular complexity index is 1380. The van der Waals surface area contributed by atoms with E-state index in [1.807, 2.05) is 25.1 Å². The molecule has 2 heterocycles. The van der Waals surface area contributed by atoms with E-state index in [9.17, 15) is 18.0 Å². The van der Waals surface area contributed by atoms with Crippen molar-refractivity contribution in [1.82, 2.24) is 14.3 Å². The summed E-state index contributed by atoms with van der Waals surface area (Å²) >= 11 is 0. The van der Waals surface area contributed by atoms with Crippen molar-refractivity contribution in [2.45, 2.75) is 44.0 Å². The normalized spacial score (nSPS) is 16.5. The van der Waals surface area contributed by atoms with Gasteiger partial charge in [-0.1, -0.05) is 24.3 Å². The van der Waals surface area contributed by atoms with Crippen molar-refractivity contribution >= 4 is 21.6 Å². The van der Waals surface area contributed by atoms with Crippen LogP contribution in [0.2, 0.25) is 0 Å². The maximum Gasteiger partial charge on any atom is 0.296 e. The molecule has 1 fully saturated rings. The van der Waals surface area contributed by atoms with Gasteiger partial charge in [0.15, 0.2) is 0 Å². The van der Waals surface area contributed by atoms with E-state index >= 15 is 0 Å². The molecule has 4 rings (SSSR count). The number of anilines is 1. The van der Waals surface area contributed by atoms with Crippen molar-refractivity contribution in [3.63, 3.8) is 0 Å². The van der Waals surface area contributed by atoms with Crippen molar-refractivity contribution in [2.75, 3.05) is 17.9 Å². The molecule has 0 saturated carbocycles. The first-order valence-corrected chi connectivity index (χ1v) is 12.8. The van der Waals surface area contributed by atoms with Crippen LogP contribution in [-0.2, 0) is 17.1 Å². The predicted octanol–water partition coefficient (Wildman–Crippen LogP) is 3.32. The van der Waals surface area contributed by atoms with Gasteiger partial charge in [-0.05, 0) is 63.4 Å². The number of carbonyl (C=O) groups is 1. The quantitative estimate of drug-likeness (QED) is 0.558. The molecule has 1 aliphatic heterocycles. The molecule has 3 aromatic rings. The average molecular weight is 483 g/mol. The van der Waals surface area contributed by atoms with Gasteiger partial charge in [0.05, 0.1) is 16.3 Å². The predicted molar refractivity (Wildman–Crippen MR) is 132 cm³/mol. The lowest BCUT2D eigenvalue weighted by Crippen LogP contribution is -2.42. The summed E-state index contributed by atoms with van der Waals surface area (Å²) in [6.07, 6.45) is 2.96. The molecule has 1 saturated heterocycles. The Kier molecular flexibility index (Phi) is 6.40. The summed E-state index contributed by atoms with van der Waals surface area (Å²) in [5.74, 6) is -0.172. The molecule has 2 aromatic carbocycles. The van der Waals surface area contributed by atoms with Crippen molar-refractivity contribution in [2.24, 2.45) is 7.05 Å². The first-order valence-electron chi connectivity index (χ1n) is 11.4. The van der Waals surface area contributed by atoms with Gasteiger partial charge in [-0.25, -0.2) is 13.1 Å². The number of nitrogens with zero attached hydrogens (tertiary/aromatic N) is 4. The highest BCUT2D eigenvalue weighted by Gasteiger charge is 2.30. The van der Waals surface area contributed by atoms with Crippen molar-refractivity contribution in [1.29, 1.82) is 0 Å². The zero-order valence-corrected chi connectivity index (χ0v) is 20.7. The molecule has 180 valence electrons. The third-order valence-electron chi connectivity index (χ3n) is 6.64. The summed E-state index contributed by atoms with van der Waals surface area (Å²) in [6, 6.07) is 15.2. The van der Waals surface area contributed by atoms with E-state index in [0.29, 0.717) is 23.5 Å². The van der Waals surface area contributed by atoms with E-state index in [1.165, 1.54) is 23.9 Å². The SMILES string of the molecule is Cc1c(N(C)S(=O)(=O)c2cccc(C(=O)N3CCCCC3C)c2)c(=O)n(-c2ccccc2)n1C. The summed E-state index contributed by atoms with van der Waals surface area (Å²) in [6.45, 7) is 4.39. The number of benzene rings is 2. The Labute approximate surface area is 200 Å². The maximum absolute atomic E-state index is 13.6. The van der Waals surface area contributed by atoms with Crippen LogP contribution in [0.5, 0.6) is 0 Å². The van der Waals surface area contributed by atoms with Gasteiger partial charge >= 0.3 is 0 Å². The molecular weight excluding hydrogens is 452 g/mol. The Morgan fingerprint density at radius 3 is 2.44 bits per heavy atom. The molecular formula is C25H30N4O4S. The molecule has 1 atom stereocenters. The molecule has 1 aliphatic rings. The van der Waals surface area contributed by atoms with E-state index in [-0.39, 0.29) is 22.5 Å². The van der Waals surface area contributed by atoms with E-state index in [2.05, 4.69) is 0 Å². The molecule has 1 aromatic heterocycles. The first kappa shape index (κ1) is 23.8. The van der Waals surface area contributed by atoms with Crippen LogP contribution < -0.4 is 9.86 Å². The third kappa shape index (κ3) is 4.04. The number of rotatable bonds is 5. The van der Waals surface area contributed by atoms with Crippen LogP contribution in [0.15, 0.2) is 64.3 Å². The molecule has 0 N–H and O–H groups in total. The lowest BCUT2D eigenvalue weighted by Gasteiger charge is -2.33. The minimum absolute atomic E-state index is 0.0283. The number of para-hydroxylation sites is 1. The van der Waals surface area contributed by atoms with Crippen LogP contribution in [0.1, 0.15) is 42.2 Å². The lowest BCUT2D eigenvalue weighted by atomic mass is 10.0. The summed E-state index contributed by atoms with van der Waals surface area (Å²) in [7, 11) is -1.00. The highest BCUT2D eigenvalue weighted by molar-refractivity contribution is 7.92. The van der Waals surface area contributed by atoms with Gasteiger partial charge in [-0.15, -0.1) is 0 Å². The lowest BCUT2D eigenvalue weighted by molar-refractivity contribution is 0.0635. The fourth-order valence-corrected chi connectivity index (χ4v) is 5.84. The van der Waals surface area contributed by atoms with Gasteiger partial charge in [0, 0.05) is 32.2 Å². The van der Waals surface area contributed by atoms with Gasteiger partial charge in [-0.2, -0.15) is 0 Å². The number of piperidine rings is 1. The van der Waals surface area contributed by atoms with E-state index in [4.69, 9.17) is 0 Å². The second-order valence-electron chi connectivity index (χ2n) is 8.75. The van der Waals surface area contributed by atoms with Gasteiger partial charge in [0.2, 0.25) is 0 Å². The molecule has 0 aliphatic carbocycles. The van der Waals surface area contributed by atoms with Crippen molar-refractivity contribution in [3.05, 3.63) is 76.2 Å². The first-order chi connectivity index (χ1) is 16.1. The highest BCUT2D eigenvalue weighted by atomic mass is 32.2. The third-order valence-corrected chi connectivity index (χ3v) is 8.40. The maximum atomic E-state index is 13.6. The van der Waals surface area contributed by atoms with Crippen molar-refractivity contribution < 1.29 is 13.2 Å². The van der Waals surface area contributed by atoms with Crippen LogP contribution in [0.25, 0.3) is 5.69 Å². The van der Waals surface area contributed by atoms with Gasteiger partial charge < -0.3 is 4.90 Å². The van der Waals surface area contributed by atoms with E-state index in [1.54, 1.807) is 47.8 Å². The molecule has 0 bridgehead atoms. The number of amides is 1. The van der Waals surface area contributed by atoms with Gasteiger partial charge in [-0.3, -0.25) is 18.6 Å². The Balaban J connectivity index is 1.72. The minimum Gasteiger partial charge on any atom is -0.336 e. The number of sulfonamides is 1. The molecule has 1 unspecified atom stereocenters. The number of carbonyl (C=O) groups excluding carboxylic acids is 1. The van der Waals surface area contributed by atoms with Crippen LogP contribution in [0.4, 0.5) is 5.69 Å². The molecule has 8 nitrogen and oxygen atoms in total. The van der Waals surface area contributed by atoms with Gasteiger partial charge in [0.25, 0.3) is 21.5 Å². The van der Waals surface area contributed by atoms with E-state index < -0.39 is 15.6 Å². The highest BCUT2D eigenvalue weighted by Crippen LogP contribution is 2.26. The second kappa shape index (κ2) is 9.13. The standard InChI is InChI=1S/C25H30N4O4S/c1-18-11-8-9-16-28(18)24(30)20-12-10-15-22(17-20)34(32,33)27(4)23-19(2)26(3)29(25(23)31)21-13-6-5-7-14-21/h5-7,10,12-15,17-18H,8-9,11,16H2,1-4H3. The molecule has 1 amide bonds. The van der Waals surface area contributed by atoms with Crippen LogP contribution in [0.3, 0.4) is 0 Å². The molecule has 0 radical (unpaired) electrons. The Morgan fingerprint density at radius 1 is 1.06 bits per heavy atom. The van der Waals surface area contributed by atoms with Crippen molar-refractivity contribution in [3.8, 4) is 5.69 Å². The number of hydrogen-bond donors (Lipinski definition) is 0. The summed E-state index contributed by atoms with van der Waals surface area (Å²) in [4.78, 5) is 28.2. The molecule has 34 heavy (non-hydrogen) atoms. The monoisotopic (exact) mass is 482 g/mol. The van der Waals surface area contributed by atoms with Gasteiger partial charge in [0.1, 0.15) is 5.69 Å². The summed E-state index contributed by atoms with van der Waals surface area (Å²) < 4.78 is 31.2. The van der Waals surface area contributed by atoms with Crippen LogP contribution in [0, 0.1) is 6.92 Å². The van der Waals surface area contributed by atoms with E-state index in [0.717, 1.165) is 23.6 Å². The summed E-state index contributed by atoms with van der Waals surface area (Å²) in [5.41, 5.74) is 1.10. The average Bonchev–Trinajstić information content (AvgIpc) is 3.06. The van der Waals surface area contributed by atoms with Crippen LogP contribution in [-0.4, -0.2) is 48.2 Å². The van der Waals surface area contributed by atoms with Crippen LogP contribution >= 0.6 is 0 Å². The Hall–Kier alpha value is -3.33. The Morgan fingerprint density at radius 2 is 1.76 bits per heavy atom. The zero-order chi connectivity index (χ0) is 24.6. The molecule has 0 spiro atoms.